The maximum atomic E-state index is 4.94. The van der Waals surface area contributed by atoms with Gasteiger partial charge in [0.05, 0.1) is 6.61 Å². The van der Waals surface area contributed by atoms with E-state index in [4.69, 9.17) is 4.74 Å². The van der Waals surface area contributed by atoms with E-state index in [9.17, 15) is 0 Å². The van der Waals surface area contributed by atoms with Crippen LogP contribution in [0.4, 0.5) is 0 Å². The molecule has 0 bridgehead atoms. The maximum absolute atomic E-state index is 4.94. The molecule has 0 saturated heterocycles. The summed E-state index contributed by atoms with van der Waals surface area (Å²) in [4.78, 5) is 7.22. The number of rotatable bonds is 7. The van der Waals surface area contributed by atoms with Crippen LogP contribution in [0.5, 0.6) is 0 Å². The molecule has 1 aromatic heterocycles. The van der Waals surface area contributed by atoms with Crippen LogP contribution in [0.1, 0.15) is 6.92 Å². The van der Waals surface area contributed by atoms with Gasteiger partial charge in [0.25, 0.3) is 0 Å². The van der Waals surface area contributed by atoms with E-state index in [2.05, 4.69) is 22.2 Å². The van der Waals surface area contributed by atoms with Gasteiger partial charge in [-0.2, -0.15) is 0 Å². The summed E-state index contributed by atoms with van der Waals surface area (Å²) < 4.78 is 4.94. The lowest BCUT2D eigenvalue weighted by molar-refractivity contribution is 0.199. The van der Waals surface area contributed by atoms with Crippen molar-refractivity contribution in [1.82, 2.24) is 15.3 Å². The Bertz CT molecular complexity index is 228. The van der Waals surface area contributed by atoms with Crippen LogP contribution >= 0.6 is 11.8 Å². The summed E-state index contributed by atoms with van der Waals surface area (Å²) in [6, 6.07) is 0. The van der Waals surface area contributed by atoms with Gasteiger partial charge in [-0.25, -0.2) is 4.98 Å². The molecule has 2 N–H and O–H groups in total. The van der Waals surface area contributed by atoms with Crippen molar-refractivity contribution < 1.29 is 4.74 Å². The van der Waals surface area contributed by atoms with Crippen molar-refractivity contribution in [3.8, 4) is 0 Å². The third-order valence-corrected chi connectivity index (χ3v) is 2.72. The second-order valence-corrected chi connectivity index (χ2v) is 4.45. The SMILES string of the molecule is COCCNCC(C)Sc1ncc[nH]1. The molecular formula is C9H17N3OS. The van der Waals surface area contributed by atoms with E-state index in [1.807, 2.05) is 6.20 Å². The van der Waals surface area contributed by atoms with Gasteiger partial charge in [-0.15, -0.1) is 0 Å². The first-order valence-electron chi connectivity index (χ1n) is 4.68. The number of methoxy groups -OCH3 is 1. The Hall–Kier alpha value is -0.520. The van der Waals surface area contributed by atoms with Crippen molar-refractivity contribution in [2.24, 2.45) is 0 Å². The third kappa shape index (κ3) is 4.64. The summed E-state index contributed by atoms with van der Waals surface area (Å²) in [5, 5.41) is 4.80. The Labute approximate surface area is 88.8 Å². The lowest BCUT2D eigenvalue weighted by Gasteiger charge is -2.10. The number of aromatic nitrogens is 2. The minimum absolute atomic E-state index is 0.512. The van der Waals surface area contributed by atoms with Gasteiger partial charge in [-0.05, 0) is 0 Å². The topological polar surface area (TPSA) is 49.9 Å². The van der Waals surface area contributed by atoms with E-state index in [1.165, 1.54) is 0 Å². The van der Waals surface area contributed by atoms with Crippen molar-refractivity contribution in [3.63, 3.8) is 0 Å². The lowest BCUT2D eigenvalue weighted by Crippen LogP contribution is -2.26. The predicted octanol–water partition coefficient (Wildman–Crippen LogP) is 1.13. The zero-order chi connectivity index (χ0) is 10.2. The van der Waals surface area contributed by atoms with Crippen LogP contribution in [-0.2, 0) is 4.74 Å². The highest BCUT2D eigenvalue weighted by atomic mass is 32.2. The summed E-state index contributed by atoms with van der Waals surface area (Å²) in [7, 11) is 1.71. The number of hydrogen-bond acceptors (Lipinski definition) is 4. The number of hydrogen-bond donors (Lipinski definition) is 2. The fraction of sp³-hybridized carbons (Fsp3) is 0.667. The first kappa shape index (κ1) is 11.6. The Morgan fingerprint density at radius 1 is 1.71 bits per heavy atom. The molecule has 0 spiro atoms. The monoisotopic (exact) mass is 215 g/mol. The molecule has 0 radical (unpaired) electrons. The molecule has 5 heteroatoms. The number of nitrogens with zero attached hydrogens (tertiary/aromatic N) is 1. The van der Waals surface area contributed by atoms with Gasteiger partial charge < -0.3 is 15.0 Å². The highest BCUT2D eigenvalue weighted by molar-refractivity contribution is 7.99. The summed E-state index contributed by atoms with van der Waals surface area (Å²) in [6.45, 7) is 4.80. The number of aromatic amines is 1. The first-order chi connectivity index (χ1) is 6.83. The van der Waals surface area contributed by atoms with Gasteiger partial charge in [-0.1, -0.05) is 18.7 Å². The van der Waals surface area contributed by atoms with Gasteiger partial charge in [-0.3, -0.25) is 0 Å². The molecule has 1 rings (SSSR count). The van der Waals surface area contributed by atoms with E-state index in [0.29, 0.717) is 5.25 Å². The second kappa shape index (κ2) is 6.86. The van der Waals surface area contributed by atoms with Gasteiger partial charge in [0, 0.05) is 37.8 Å². The van der Waals surface area contributed by atoms with Crippen molar-refractivity contribution >= 4 is 11.8 Å². The summed E-state index contributed by atoms with van der Waals surface area (Å²) in [5.74, 6) is 0. The fourth-order valence-corrected chi connectivity index (χ4v) is 1.87. The van der Waals surface area contributed by atoms with Crippen LogP contribution in [0.3, 0.4) is 0 Å². The molecule has 80 valence electrons. The van der Waals surface area contributed by atoms with Gasteiger partial charge in [0.2, 0.25) is 0 Å². The molecule has 0 saturated carbocycles. The van der Waals surface area contributed by atoms with E-state index in [1.54, 1.807) is 25.1 Å². The smallest absolute Gasteiger partial charge is 0.165 e. The zero-order valence-corrected chi connectivity index (χ0v) is 9.43. The predicted molar refractivity (Wildman–Crippen MR) is 58.7 cm³/mol. The fourth-order valence-electron chi connectivity index (χ4n) is 1.03. The lowest BCUT2D eigenvalue weighted by atomic mass is 10.4. The molecular weight excluding hydrogens is 198 g/mol. The van der Waals surface area contributed by atoms with Crippen LogP contribution in [0.25, 0.3) is 0 Å². The molecule has 1 aromatic rings. The molecule has 0 aliphatic carbocycles. The first-order valence-corrected chi connectivity index (χ1v) is 5.56. The Morgan fingerprint density at radius 3 is 3.21 bits per heavy atom. The molecule has 0 aliphatic heterocycles. The van der Waals surface area contributed by atoms with E-state index >= 15 is 0 Å². The number of H-pyrrole nitrogens is 1. The summed E-state index contributed by atoms with van der Waals surface area (Å²) in [5.41, 5.74) is 0. The molecule has 0 amide bonds. The second-order valence-electron chi connectivity index (χ2n) is 3.02. The molecule has 0 aromatic carbocycles. The van der Waals surface area contributed by atoms with E-state index in [0.717, 1.165) is 24.9 Å². The number of thioether (sulfide) groups is 1. The number of ether oxygens (including phenoxy) is 1. The average molecular weight is 215 g/mol. The van der Waals surface area contributed by atoms with E-state index in [-0.39, 0.29) is 0 Å². The minimum atomic E-state index is 0.512. The Kier molecular flexibility index (Phi) is 5.66. The molecule has 1 heterocycles. The van der Waals surface area contributed by atoms with Crippen molar-refractivity contribution in [2.75, 3.05) is 26.8 Å². The Balaban J connectivity index is 2.07. The van der Waals surface area contributed by atoms with Crippen molar-refractivity contribution in [2.45, 2.75) is 17.3 Å². The maximum Gasteiger partial charge on any atom is 0.165 e. The number of imidazole rings is 1. The highest BCUT2D eigenvalue weighted by Gasteiger charge is 2.04. The van der Waals surface area contributed by atoms with E-state index < -0.39 is 0 Å². The number of nitrogens with one attached hydrogen (secondary N) is 2. The summed E-state index contributed by atoms with van der Waals surface area (Å²) >= 11 is 1.74. The molecule has 4 nitrogen and oxygen atoms in total. The zero-order valence-electron chi connectivity index (χ0n) is 8.62. The van der Waals surface area contributed by atoms with Crippen LogP contribution in [0.2, 0.25) is 0 Å². The molecule has 14 heavy (non-hydrogen) atoms. The Morgan fingerprint density at radius 2 is 2.57 bits per heavy atom. The van der Waals surface area contributed by atoms with Gasteiger partial charge in [0.15, 0.2) is 5.16 Å². The molecule has 0 aliphatic rings. The third-order valence-electron chi connectivity index (χ3n) is 1.70. The van der Waals surface area contributed by atoms with Crippen LogP contribution in [0.15, 0.2) is 17.6 Å². The standard InChI is InChI=1S/C9H17N3OS/c1-8(7-10-5-6-13-2)14-9-11-3-4-12-9/h3-4,8,10H,5-7H2,1-2H3,(H,11,12). The van der Waals surface area contributed by atoms with Gasteiger partial charge >= 0.3 is 0 Å². The van der Waals surface area contributed by atoms with Crippen molar-refractivity contribution in [1.29, 1.82) is 0 Å². The molecule has 0 fully saturated rings. The summed E-state index contributed by atoms with van der Waals surface area (Å²) in [6.07, 6.45) is 3.61. The minimum Gasteiger partial charge on any atom is -0.383 e. The van der Waals surface area contributed by atoms with Crippen LogP contribution in [-0.4, -0.2) is 42.0 Å². The molecule has 1 unspecified atom stereocenters. The van der Waals surface area contributed by atoms with Gasteiger partial charge in [0.1, 0.15) is 0 Å². The normalized spacial score (nSPS) is 13.0. The molecule has 1 atom stereocenters. The van der Waals surface area contributed by atoms with Crippen LogP contribution < -0.4 is 5.32 Å². The van der Waals surface area contributed by atoms with Crippen molar-refractivity contribution in [3.05, 3.63) is 12.4 Å². The largest absolute Gasteiger partial charge is 0.383 e. The van der Waals surface area contributed by atoms with Crippen LogP contribution in [0, 0.1) is 0 Å². The quantitative estimate of drug-likeness (QED) is 0.529. The average Bonchev–Trinajstić information content (AvgIpc) is 2.65. The highest BCUT2D eigenvalue weighted by Crippen LogP contribution is 2.17.